The highest BCUT2D eigenvalue weighted by molar-refractivity contribution is 14.0. The number of aliphatic imine (C=N–C) groups is 1. The average Bonchev–Trinajstić information content (AvgIpc) is 3.04. The van der Waals surface area contributed by atoms with E-state index in [4.69, 9.17) is 0 Å². The Morgan fingerprint density at radius 2 is 1.88 bits per heavy atom. The molecule has 0 aromatic heterocycles. The predicted octanol–water partition coefficient (Wildman–Crippen LogP) is 2.39. The summed E-state index contributed by atoms with van der Waals surface area (Å²) in [7, 11) is 6.10. The predicted molar refractivity (Wildman–Crippen MR) is 121 cm³/mol. The molecule has 0 aromatic rings. The monoisotopic (exact) mass is 481 g/mol. The van der Waals surface area contributed by atoms with Crippen LogP contribution in [0.25, 0.3) is 0 Å². The number of nitrogens with zero attached hydrogens (tertiary/aromatic N) is 3. The highest BCUT2D eigenvalue weighted by Gasteiger charge is 2.28. The Morgan fingerprint density at radius 1 is 1.27 bits per heavy atom. The van der Waals surface area contributed by atoms with Gasteiger partial charge in [-0.2, -0.15) is 0 Å². The van der Waals surface area contributed by atoms with Crippen LogP contribution in [-0.4, -0.2) is 74.5 Å². The summed E-state index contributed by atoms with van der Waals surface area (Å²) >= 11 is 0. The Labute approximate surface area is 177 Å². The zero-order valence-corrected chi connectivity index (χ0v) is 20.0. The maximum atomic E-state index is 12.1. The molecule has 1 heterocycles. The summed E-state index contributed by atoms with van der Waals surface area (Å²) in [5, 5.41) is 6.97. The molecular formula is C19H40IN5O. The standard InChI is InChI=1S/C19H39N5O.HI/c1-8-15(9-2)17(23(6)7)12-21-19(20-5)22-16-10-11-24(13-16)18(25)14(3)4;/h14-17H,8-13H2,1-7H3,(H2,20,21,22);1H. The third-order valence-corrected chi connectivity index (χ3v) is 5.29. The van der Waals surface area contributed by atoms with Crippen molar-refractivity contribution >= 4 is 35.8 Å². The van der Waals surface area contributed by atoms with E-state index < -0.39 is 0 Å². The lowest BCUT2D eigenvalue weighted by Crippen LogP contribution is -2.50. The van der Waals surface area contributed by atoms with Gasteiger partial charge < -0.3 is 20.4 Å². The molecule has 1 aliphatic heterocycles. The van der Waals surface area contributed by atoms with Crippen molar-refractivity contribution in [3.63, 3.8) is 0 Å². The number of carbonyl (C=O) groups excluding carboxylic acids is 1. The van der Waals surface area contributed by atoms with Gasteiger partial charge >= 0.3 is 0 Å². The Bertz CT molecular complexity index is 438. The van der Waals surface area contributed by atoms with Crippen molar-refractivity contribution in [2.24, 2.45) is 16.8 Å². The Balaban J connectivity index is 0.00000625. The highest BCUT2D eigenvalue weighted by atomic mass is 127. The topological polar surface area (TPSA) is 60.0 Å². The van der Waals surface area contributed by atoms with Crippen molar-refractivity contribution in [3.05, 3.63) is 0 Å². The first-order chi connectivity index (χ1) is 11.8. The number of nitrogens with one attached hydrogen (secondary N) is 2. The van der Waals surface area contributed by atoms with Crippen molar-refractivity contribution in [3.8, 4) is 0 Å². The quantitative estimate of drug-likeness (QED) is 0.318. The minimum atomic E-state index is 0. The molecule has 2 unspecified atom stereocenters. The van der Waals surface area contributed by atoms with Gasteiger partial charge in [-0.05, 0) is 26.4 Å². The van der Waals surface area contributed by atoms with Crippen molar-refractivity contribution in [1.29, 1.82) is 0 Å². The van der Waals surface area contributed by atoms with E-state index in [9.17, 15) is 4.79 Å². The van der Waals surface area contributed by atoms with Gasteiger partial charge in [-0.25, -0.2) is 0 Å². The molecular weight excluding hydrogens is 441 g/mol. The molecule has 6 nitrogen and oxygen atoms in total. The number of hydrogen-bond donors (Lipinski definition) is 2. The normalized spacial score (nSPS) is 19.1. The smallest absolute Gasteiger partial charge is 0.225 e. The van der Waals surface area contributed by atoms with Gasteiger partial charge in [0.1, 0.15) is 0 Å². The van der Waals surface area contributed by atoms with Gasteiger partial charge in [-0.1, -0.05) is 40.5 Å². The van der Waals surface area contributed by atoms with Gasteiger partial charge in [0.2, 0.25) is 5.91 Å². The van der Waals surface area contributed by atoms with Crippen LogP contribution >= 0.6 is 24.0 Å². The molecule has 26 heavy (non-hydrogen) atoms. The molecule has 0 spiro atoms. The largest absolute Gasteiger partial charge is 0.355 e. The number of likely N-dealkylation sites (tertiary alicyclic amines) is 1. The van der Waals surface area contributed by atoms with E-state index in [1.807, 2.05) is 25.8 Å². The Morgan fingerprint density at radius 3 is 2.35 bits per heavy atom. The summed E-state index contributed by atoms with van der Waals surface area (Å²) in [5.74, 6) is 1.82. The van der Waals surface area contributed by atoms with Gasteiger partial charge in [-0.15, -0.1) is 24.0 Å². The third-order valence-electron chi connectivity index (χ3n) is 5.29. The van der Waals surface area contributed by atoms with Crippen LogP contribution in [0.2, 0.25) is 0 Å². The summed E-state index contributed by atoms with van der Waals surface area (Å²) in [5.41, 5.74) is 0. The first-order valence-corrected chi connectivity index (χ1v) is 9.76. The van der Waals surface area contributed by atoms with Crippen molar-refractivity contribution in [2.45, 2.75) is 59.0 Å². The first-order valence-electron chi connectivity index (χ1n) is 9.76. The van der Waals surface area contributed by atoms with Gasteiger partial charge in [0.25, 0.3) is 0 Å². The van der Waals surface area contributed by atoms with E-state index in [0.717, 1.165) is 32.0 Å². The number of halogens is 1. The lowest BCUT2D eigenvalue weighted by Gasteiger charge is -2.32. The summed E-state index contributed by atoms with van der Waals surface area (Å²) in [6.07, 6.45) is 3.34. The minimum absolute atomic E-state index is 0. The van der Waals surface area contributed by atoms with Crippen LogP contribution in [-0.2, 0) is 4.79 Å². The fourth-order valence-corrected chi connectivity index (χ4v) is 3.64. The second kappa shape index (κ2) is 12.8. The molecule has 2 atom stereocenters. The number of rotatable bonds is 8. The number of hydrogen-bond acceptors (Lipinski definition) is 3. The molecule has 1 rings (SSSR count). The van der Waals surface area contributed by atoms with Crippen LogP contribution in [0.1, 0.15) is 47.0 Å². The van der Waals surface area contributed by atoms with Crippen LogP contribution in [0.5, 0.6) is 0 Å². The molecule has 2 N–H and O–H groups in total. The Kier molecular flexibility index (Phi) is 12.5. The van der Waals surface area contributed by atoms with Gasteiger partial charge in [-0.3, -0.25) is 9.79 Å². The molecule has 1 fully saturated rings. The van der Waals surface area contributed by atoms with Crippen LogP contribution in [0.3, 0.4) is 0 Å². The molecule has 0 aromatic carbocycles. The maximum Gasteiger partial charge on any atom is 0.225 e. The fraction of sp³-hybridized carbons (Fsp3) is 0.895. The molecule has 1 aliphatic rings. The molecule has 0 bridgehead atoms. The molecule has 0 saturated carbocycles. The van der Waals surface area contributed by atoms with Crippen molar-refractivity contribution in [1.82, 2.24) is 20.4 Å². The van der Waals surface area contributed by atoms with Gasteiger partial charge in [0.15, 0.2) is 5.96 Å². The number of carbonyl (C=O) groups is 1. The van der Waals surface area contributed by atoms with Crippen LogP contribution in [0.4, 0.5) is 0 Å². The van der Waals surface area contributed by atoms with E-state index in [2.05, 4.69) is 48.5 Å². The summed E-state index contributed by atoms with van der Waals surface area (Å²) < 4.78 is 0. The molecule has 1 saturated heterocycles. The minimum Gasteiger partial charge on any atom is -0.355 e. The molecule has 154 valence electrons. The second-order valence-electron chi connectivity index (χ2n) is 7.63. The first kappa shape index (κ1) is 25.4. The lowest BCUT2D eigenvalue weighted by molar-refractivity contribution is -0.133. The molecule has 7 heteroatoms. The lowest BCUT2D eigenvalue weighted by atomic mass is 9.93. The summed E-state index contributed by atoms with van der Waals surface area (Å²) in [6.45, 7) is 10.9. The van der Waals surface area contributed by atoms with E-state index in [1.54, 1.807) is 0 Å². The summed E-state index contributed by atoms with van der Waals surface area (Å²) in [4.78, 5) is 20.8. The SMILES string of the molecule is CCC(CC)C(CNC(=NC)NC1CCN(C(=O)C(C)C)C1)N(C)C.I. The van der Waals surface area contributed by atoms with Crippen LogP contribution < -0.4 is 10.6 Å². The van der Waals surface area contributed by atoms with E-state index in [1.165, 1.54) is 12.8 Å². The fourth-order valence-electron chi connectivity index (χ4n) is 3.64. The molecule has 1 amide bonds. The van der Waals surface area contributed by atoms with E-state index >= 15 is 0 Å². The van der Waals surface area contributed by atoms with E-state index in [-0.39, 0.29) is 41.8 Å². The maximum absolute atomic E-state index is 12.1. The Hall–Kier alpha value is -0.570. The van der Waals surface area contributed by atoms with Crippen molar-refractivity contribution < 1.29 is 4.79 Å². The van der Waals surface area contributed by atoms with E-state index in [0.29, 0.717) is 12.0 Å². The number of guanidine groups is 1. The zero-order chi connectivity index (χ0) is 19.0. The number of likely N-dealkylation sites (N-methyl/N-ethyl adjacent to an activating group) is 1. The third kappa shape index (κ3) is 7.58. The highest BCUT2D eigenvalue weighted by Crippen LogP contribution is 2.16. The van der Waals surface area contributed by atoms with Gasteiger partial charge in [0, 0.05) is 44.7 Å². The van der Waals surface area contributed by atoms with Gasteiger partial charge in [0.05, 0.1) is 0 Å². The average molecular weight is 481 g/mol. The zero-order valence-electron chi connectivity index (χ0n) is 17.7. The van der Waals surface area contributed by atoms with Crippen molar-refractivity contribution in [2.75, 3.05) is 40.8 Å². The second-order valence-corrected chi connectivity index (χ2v) is 7.63. The number of amides is 1. The summed E-state index contributed by atoms with van der Waals surface area (Å²) in [6, 6.07) is 0.760. The van der Waals surface area contributed by atoms with Crippen LogP contribution in [0.15, 0.2) is 4.99 Å². The molecule has 0 radical (unpaired) electrons. The van der Waals surface area contributed by atoms with Crippen LogP contribution in [0, 0.1) is 11.8 Å². The molecule has 0 aliphatic carbocycles.